The Labute approximate surface area is 126 Å². The molecule has 22 heavy (non-hydrogen) atoms. The topological polar surface area (TPSA) is 54.1 Å². The molecule has 0 radical (unpaired) electrons. The maximum atomic E-state index is 13.4. The number of rotatable bonds is 3. The van der Waals surface area contributed by atoms with E-state index in [0.29, 0.717) is 22.4 Å². The van der Waals surface area contributed by atoms with Crippen LogP contribution >= 0.6 is 0 Å². The number of ether oxygens (including phenoxy) is 1. The second-order valence-corrected chi connectivity index (χ2v) is 4.97. The molecule has 0 aliphatic carbocycles. The fourth-order valence-corrected chi connectivity index (χ4v) is 2.34. The van der Waals surface area contributed by atoms with Crippen molar-refractivity contribution < 1.29 is 13.9 Å². The van der Waals surface area contributed by atoms with Crippen molar-refractivity contribution in [3.63, 3.8) is 0 Å². The number of aryl methyl sites for hydroxylation is 1. The van der Waals surface area contributed by atoms with E-state index in [0.717, 1.165) is 11.2 Å². The number of nitrogens with one attached hydrogen (secondary N) is 2. The number of fused-ring (bicyclic) bond motifs is 1. The molecule has 0 atom stereocenters. The van der Waals surface area contributed by atoms with Gasteiger partial charge in [0.25, 0.3) is 5.91 Å². The third-order valence-corrected chi connectivity index (χ3v) is 3.45. The Morgan fingerprint density at radius 1 is 1.18 bits per heavy atom. The van der Waals surface area contributed by atoms with Crippen LogP contribution in [0.5, 0.6) is 11.5 Å². The number of halogens is 1. The van der Waals surface area contributed by atoms with E-state index in [1.807, 2.05) is 6.92 Å². The quantitative estimate of drug-likeness (QED) is 0.773. The predicted octanol–water partition coefficient (Wildman–Crippen LogP) is 3.77. The van der Waals surface area contributed by atoms with Gasteiger partial charge in [0.05, 0.1) is 5.69 Å². The Bertz CT molecular complexity index is 838. The molecule has 1 aromatic heterocycles. The zero-order valence-corrected chi connectivity index (χ0v) is 12.2. The molecule has 0 fully saturated rings. The van der Waals surface area contributed by atoms with Crippen molar-refractivity contribution in [2.45, 2.75) is 6.92 Å². The van der Waals surface area contributed by atoms with Crippen LogP contribution in [0.4, 0.5) is 4.39 Å². The van der Waals surface area contributed by atoms with E-state index < -0.39 is 0 Å². The van der Waals surface area contributed by atoms with Crippen molar-refractivity contribution in [2.75, 3.05) is 7.05 Å². The van der Waals surface area contributed by atoms with Crippen LogP contribution in [0, 0.1) is 12.7 Å². The zero-order chi connectivity index (χ0) is 15.7. The molecule has 3 rings (SSSR count). The minimum atomic E-state index is -0.314. The number of carbonyl (C=O) groups excluding carboxylic acids is 1. The lowest BCUT2D eigenvalue weighted by atomic mass is 10.2. The van der Waals surface area contributed by atoms with Gasteiger partial charge in [0.15, 0.2) is 5.75 Å². The summed E-state index contributed by atoms with van der Waals surface area (Å²) in [7, 11) is 1.58. The molecular weight excluding hydrogens is 283 g/mol. The van der Waals surface area contributed by atoms with Gasteiger partial charge in [0, 0.05) is 23.5 Å². The minimum absolute atomic E-state index is 0.156. The Hall–Kier alpha value is -2.82. The van der Waals surface area contributed by atoms with Gasteiger partial charge in [-0.25, -0.2) is 4.39 Å². The number of benzene rings is 2. The molecule has 1 heterocycles. The average Bonchev–Trinajstić information content (AvgIpc) is 2.83. The Morgan fingerprint density at radius 3 is 2.59 bits per heavy atom. The first-order chi connectivity index (χ1) is 10.6. The van der Waals surface area contributed by atoms with E-state index in [9.17, 15) is 9.18 Å². The maximum Gasteiger partial charge on any atom is 0.251 e. The van der Waals surface area contributed by atoms with Gasteiger partial charge >= 0.3 is 0 Å². The molecule has 3 aromatic rings. The molecule has 0 aliphatic heterocycles. The molecule has 0 unspecified atom stereocenters. The molecule has 0 aliphatic rings. The molecule has 5 heteroatoms. The van der Waals surface area contributed by atoms with E-state index in [4.69, 9.17) is 4.74 Å². The molecule has 1 amide bonds. The lowest BCUT2D eigenvalue weighted by molar-refractivity contribution is 0.0963. The first-order valence-electron chi connectivity index (χ1n) is 6.86. The fraction of sp³-hybridized carbons (Fsp3) is 0.118. The molecule has 0 saturated heterocycles. The van der Waals surface area contributed by atoms with Crippen LogP contribution in [0.25, 0.3) is 10.9 Å². The number of hydrogen-bond acceptors (Lipinski definition) is 2. The van der Waals surface area contributed by atoms with Gasteiger partial charge in [-0.3, -0.25) is 4.79 Å². The van der Waals surface area contributed by atoms with E-state index in [1.165, 1.54) is 12.1 Å². The second kappa shape index (κ2) is 5.52. The smallest absolute Gasteiger partial charge is 0.251 e. The van der Waals surface area contributed by atoms with E-state index >= 15 is 0 Å². The van der Waals surface area contributed by atoms with E-state index in [1.54, 1.807) is 37.4 Å². The summed E-state index contributed by atoms with van der Waals surface area (Å²) >= 11 is 0. The first-order valence-corrected chi connectivity index (χ1v) is 6.86. The van der Waals surface area contributed by atoms with Crippen LogP contribution in [0.15, 0.2) is 42.5 Å². The van der Waals surface area contributed by atoms with Gasteiger partial charge in [-0.1, -0.05) is 0 Å². The standard InChI is InChI=1S/C17H15FN2O2/c1-10-16(14-9-12(18)5-8-15(14)20-10)22-13-6-3-11(4-7-13)17(21)19-2/h3-9,20H,1-2H3,(H,19,21). The SMILES string of the molecule is CNC(=O)c1ccc(Oc2c(C)[nH]c3ccc(F)cc23)cc1. The van der Waals surface area contributed by atoms with Crippen LogP contribution in [0.1, 0.15) is 16.1 Å². The van der Waals surface area contributed by atoms with Crippen molar-refractivity contribution in [2.24, 2.45) is 0 Å². The maximum absolute atomic E-state index is 13.4. The highest BCUT2D eigenvalue weighted by molar-refractivity contribution is 5.94. The van der Waals surface area contributed by atoms with Gasteiger partial charge in [0.2, 0.25) is 0 Å². The highest BCUT2D eigenvalue weighted by atomic mass is 19.1. The highest BCUT2D eigenvalue weighted by Gasteiger charge is 2.12. The molecule has 2 N–H and O–H groups in total. The largest absolute Gasteiger partial charge is 0.455 e. The van der Waals surface area contributed by atoms with Gasteiger partial charge in [-0.2, -0.15) is 0 Å². The summed E-state index contributed by atoms with van der Waals surface area (Å²) in [5.41, 5.74) is 2.18. The zero-order valence-electron chi connectivity index (χ0n) is 12.2. The van der Waals surface area contributed by atoms with Crippen molar-refractivity contribution in [3.8, 4) is 11.5 Å². The highest BCUT2D eigenvalue weighted by Crippen LogP contribution is 2.33. The van der Waals surface area contributed by atoms with Crippen molar-refractivity contribution in [3.05, 3.63) is 59.5 Å². The molecule has 0 saturated carbocycles. The molecule has 0 bridgehead atoms. The average molecular weight is 298 g/mol. The summed E-state index contributed by atoms with van der Waals surface area (Å²) in [6.45, 7) is 1.87. The van der Waals surface area contributed by atoms with E-state index in [-0.39, 0.29) is 11.7 Å². The molecule has 4 nitrogen and oxygen atoms in total. The van der Waals surface area contributed by atoms with Crippen molar-refractivity contribution in [1.82, 2.24) is 10.3 Å². The van der Waals surface area contributed by atoms with Crippen LogP contribution < -0.4 is 10.1 Å². The molecular formula is C17H15FN2O2. The number of H-pyrrole nitrogens is 1. The molecule has 112 valence electrons. The summed E-state index contributed by atoms with van der Waals surface area (Å²) in [6, 6.07) is 11.3. The predicted molar refractivity (Wildman–Crippen MR) is 82.9 cm³/mol. The van der Waals surface area contributed by atoms with Gasteiger partial charge < -0.3 is 15.0 Å². The Morgan fingerprint density at radius 2 is 1.91 bits per heavy atom. The fourth-order valence-electron chi connectivity index (χ4n) is 2.34. The summed E-state index contributed by atoms with van der Waals surface area (Å²) in [5.74, 6) is 0.700. The molecule has 2 aromatic carbocycles. The summed E-state index contributed by atoms with van der Waals surface area (Å²) in [5, 5.41) is 3.25. The Balaban J connectivity index is 1.94. The Kier molecular flexibility index (Phi) is 3.55. The second-order valence-electron chi connectivity index (χ2n) is 4.97. The molecule has 0 spiro atoms. The van der Waals surface area contributed by atoms with Crippen molar-refractivity contribution in [1.29, 1.82) is 0 Å². The van der Waals surface area contributed by atoms with Crippen molar-refractivity contribution >= 4 is 16.8 Å². The monoisotopic (exact) mass is 298 g/mol. The number of aromatic nitrogens is 1. The summed E-state index contributed by atoms with van der Waals surface area (Å²) < 4.78 is 19.3. The lowest BCUT2D eigenvalue weighted by Gasteiger charge is -2.07. The van der Waals surface area contributed by atoms with E-state index in [2.05, 4.69) is 10.3 Å². The third kappa shape index (κ3) is 2.53. The van der Waals surface area contributed by atoms with Crippen LogP contribution in [-0.2, 0) is 0 Å². The number of aromatic amines is 1. The van der Waals surface area contributed by atoms with Crippen LogP contribution in [0.3, 0.4) is 0 Å². The lowest BCUT2D eigenvalue weighted by Crippen LogP contribution is -2.17. The van der Waals surface area contributed by atoms with Gasteiger partial charge in [-0.05, 0) is 49.4 Å². The van der Waals surface area contributed by atoms with Gasteiger partial charge in [-0.15, -0.1) is 0 Å². The normalized spacial score (nSPS) is 10.7. The number of carbonyl (C=O) groups is 1. The number of amides is 1. The van der Waals surface area contributed by atoms with Gasteiger partial charge in [0.1, 0.15) is 11.6 Å². The van der Waals surface area contributed by atoms with Crippen LogP contribution in [-0.4, -0.2) is 17.9 Å². The summed E-state index contributed by atoms with van der Waals surface area (Å²) in [4.78, 5) is 14.7. The minimum Gasteiger partial charge on any atom is -0.455 e. The van der Waals surface area contributed by atoms with Crippen LogP contribution in [0.2, 0.25) is 0 Å². The number of hydrogen-bond donors (Lipinski definition) is 2. The third-order valence-electron chi connectivity index (χ3n) is 3.45. The first kappa shape index (κ1) is 14.1. The summed E-state index contributed by atoms with van der Waals surface area (Å²) in [6.07, 6.45) is 0.